The molecule has 1 aliphatic rings. The van der Waals surface area contributed by atoms with Crippen molar-refractivity contribution in [2.75, 3.05) is 4.90 Å². The molecule has 1 N–H and O–H groups in total. The van der Waals surface area contributed by atoms with Gasteiger partial charge in [-0.3, -0.25) is 4.98 Å². The molecule has 5 rings (SSSR count). The summed E-state index contributed by atoms with van der Waals surface area (Å²) in [7, 11) is 0. The van der Waals surface area contributed by atoms with Gasteiger partial charge in [0.15, 0.2) is 5.11 Å². The van der Waals surface area contributed by atoms with Crippen LogP contribution in [-0.4, -0.2) is 10.1 Å². The van der Waals surface area contributed by atoms with E-state index in [2.05, 4.69) is 10.3 Å². The summed E-state index contributed by atoms with van der Waals surface area (Å²) in [4.78, 5) is 6.44. The molecule has 1 aliphatic heterocycles. The summed E-state index contributed by atoms with van der Waals surface area (Å²) in [6.45, 7) is 1.72. The zero-order valence-corrected chi connectivity index (χ0v) is 17.9. The summed E-state index contributed by atoms with van der Waals surface area (Å²) in [5, 5.41) is 3.85. The molecule has 0 radical (unpaired) electrons. The lowest BCUT2D eigenvalue weighted by molar-refractivity contribution is 0.439. The van der Waals surface area contributed by atoms with Gasteiger partial charge >= 0.3 is 0 Å². The third-order valence-corrected chi connectivity index (χ3v) is 5.88. The summed E-state index contributed by atoms with van der Waals surface area (Å²) >= 11 is 5.68. The first-order chi connectivity index (χ1) is 15.5. The van der Waals surface area contributed by atoms with Crippen molar-refractivity contribution in [1.82, 2.24) is 10.3 Å². The fourth-order valence-corrected chi connectivity index (χ4v) is 4.33. The Labute approximate surface area is 189 Å². The molecule has 1 fully saturated rings. The number of aryl methyl sites for hydroxylation is 1. The number of nitrogens with one attached hydrogen (secondary N) is 1. The van der Waals surface area contributed by atoms with E-state index in [1.54, 1.807) is 37.4 Å². The van der Waals surface area contributed by atoms with Crippen molar-refractivity contribution in [2.24, 2.45) is 0 Å². The van der Waals surface area contributed by atoms with Crippen LogP contribution in [0.5, 0.6) is 0 Å². The number of anilines is 1. The third kappa shape index (κ3) is 3.65. The fraction of sp³-hybridized carbons (Fsp3) is 0.120. The molecule has 0 amide bonds. The largest absolute Gasteiger partial charge is 0.459 e. The SMILES string of the molecule is Cc1cc(N2C(=S)NC(c3ccccn3)C2c2ccc(-c3ccc(F)cc3)o2)ccc1F. The van der Waals surface area contributed by atoms with Crippen LogP contribution in [0.3, 0.4) is 0 Å². The van der Waals surface area contributed by atoms with E-state index >= 15 is 0 Å². The lowest BCUT2D eigenvalue weighted by Gasteiger charge is -2.26. The fourth-order valence-electron chi connectivity index (χ4n) is 3.98. The van der Waals surface area contributed by atoms with Crippen molar-refractivity contribution in [2.45, 2.75) is 19.0 Å². The van der Waals surface area contributed by atoms with Crippen LogP contribution in [0, 0.1) is 18.6 Å². The minimum atomic E-state index is -0.351. The van der Waals surface area contributed by atoms with E-state index in [4.69, 9.17) is 16.6 Å². The molecule has 4 aromatic rings. The normalized spacial score (nSPS) is 18.1. The molecule has 0 spiro atoms. The van der Waals surface area contributed by atoms with E-state index in [1.165, 1.54) is 18.2 Å². The van der Waals surface area contributed by atoms with E-state index in [0.29, 0.717) is 22.2 Å². The van der Waals surface area contributed by atoms with Crippen LogP contribution in [0.25, 0.3) is 11.3 Å². The number of thiocarbonyl (C=S) groups is 1. The van der Waals surface area contributed by atoms with Gasteiger partial charge in [-0.25, -0.2) is 8.78 Å². The molecule has 2 unspecified atom stereocenters. The summed E-state index contributed by atoms with van der Waals surface area (Å²) < 4.78 is 33.5. The molecule has 0 aliphatic carbocycles. The topological polar surface area (TPSA) is 41.3 Å². The Morgan fingerprint density at radius 1 is 1.00 bits per heavy atom. The standard InChI is InChI=1S/C25H19F2N3OS/c1-15-14-18(9-10-19(15)27)30-24(23(29-25(30)32)20-4-2-3-13-28-20)22-12-11-21(31-22)16-5-7-17(26)8-6-16/h2-14,23-24H,1H3,(H,29,32). The van der Waals surface area contributed by atoms with Crippen LogP contribution < -0.4 is 10.2 Å². The second-order valence-corrected chi connectivity index (χ2v) is 8.03. The predicted octanol–water partition coefficient (Wildman–Crippen LogP) is 6.11. The maximum absolute atomic E-state index is 13.9. The van der Waals surface area contributed by atoms with Crippen LogP contribution in [0.15, 0.2) is 83.4 Å². The molecule has 0 saturated carbocycles. The van der Waals surface area contributed by atoms with Gasteiger partial charge in [-0.15, -0.1) is 0 Å². The average Bonchev–Trinajstić information content (AvgIpc) is 3.41. The Morgan fingerprint density at radius 2 is 1.81 bits per heavy atom. The van der Waals surface area contributed by atoms with Gasteiger partial charge in [0, 0.05) is 17.4 Å². The molecular weight excluding hydrogens is 428 g/mol. The number of halogens is 2. The molecular formula is C25H19F2N3OS. The minimum absolute atomic E-state index is 0.277. The molecule has 160 valence electrons. The van der Waals surface area contributed by atoms with Crippen LogP contribution in [-0.2, 0) is 0 Å². The first-order valence-electron chi connectivity index (χ1n) is 10.1. The van der Waals surface area contributed by atoms with Crippen LogP contribution >= 0.6 is 12.2 Å². The molecule has 1 saturated heterocycles. The second kappa shape index (κ2) is 8.16. The predicted molar refractivity (Wildman–Crippen MR) is 123 cm³/mol. The molecule has 2 aromatic carbocycles. The number of hydrogen-bond acceptors (Lipinski definition) is 3. The second-order valence-electron chi connectivity index (χ2n) is 7.64. The Balaban J connectivity index is 1.60. The Bertz CT molecular complexity index is 1270. The number of hydrogen-bond donors (Lipinski definition) is 1. The highest BCUT2D eigenvalue weighted by Crippen LogP contribution is 2.43. The highest BCUT2D eigenvalue weighted by Gasteiger charge is 2.42. The van der Waals surface area contributed by atoms with Crippen LogP contribution in [0.4, 0.5) is 14.5 Å². The van der Waals surface area contributed by atoms with Gasteiger partial charge in [0.1, 0.15) is 29.2 Å². The number of benzene rings is 2. The molecule has 7 heteroatoms. The highest BCUT2D eigenvalue weighted by atomic mass is 32.1. The maximum atomic E-state index is 13.9. The van der Waals surface area contributed by atoms with E-state index in [1.807, 2.05) is 35.2 Å². The van der Waals surface area contributed by atoms with Gasteiger partial charge in [-0.2, -0.15) is 0 Å². The van der Waals surface area contributed by atoms with Crippen molar-refractivity contribution in [3.05, 3.63) is 108 Å². The van der Waals surface area contributed by atoms with E-state index in [9.17, 15) is 8.78 Å². The van der Waals surface area contributed by atoms with Crippen LogP contribution in [0.1, 0.15) is 29.1 Å². The average molecular weight is 448 g/mol. The lowest BCUT2D eigenvalue weighted by atomic mass is 10.0. The monoisotopic (exact) mass is 447 g/mol. The maximum Gasteiger partial charge on any atom is 0.174 e. The molecule has 2 aromatic heterocycles. The van der Waals surface area contributed by atoms with Crippen molar-refractivity contribution < 1.29 is 13.2 Å². The summed E-state index contributed by atoms with van der Waals surface area (Å²) in [5.74, 6) is 0.697. The molecule has 4 nitrogen and oxygen atoms in total. The first-order valence-corrected chi connectivity index (χ1v) is 10.5. The Hall–Kier alpha value is -3.58. The molecule has 2 atom stereocenters. The number of nitrogens with zero attached hydrogens (tertiary/aromatic N) is 2. The van der Waals surface area contributed by atoms with Crippen molar-refractivity contribution in [3.8, 4) is 11.3 Å². The number of furan rings is 1. The smallest absolute Gasteiger partial charge is 0.174 e. The first kappa shape index (κ1) is 20.3. The van der Waals surface area contributed by atoms with Gasteiger partial charge in [0.05, 0.1) is 11.7 Å². The van der Waals surface area contributed by atoms with E-state index < -0.39 is 0 Å². The van der Waals surface area contributed by atoms with Crippen molar-refractivity contribution in [3.63, 3.8) is 0 Å². The zero-order chi connectivity index (χ0) is 22.2. The summed E-state index contributed by atoms with van der Waals surface area (Å²) in [5.41, 5.74) is 2.85. The number of aromatic nitrogens is 1. The van der Waals surface area contributed by atoms with Gasteiger partial charge in [0.2, 0.25) is 0 Å². The number of pyridine rings is 1. The molecule has 3 heterocycles. The van der Waals surface area contributed by atoms with Gasteiger partial charge in [-0.1, -0.05) is 6.07 Å². The van der Waals surface area contributed by atoms with Gasteiger partial charge < -0.3 is 14.6 Å². The van der Waals surface area contributed by atoms with Crippen molar-refractivity contribution in [1.29, 1.82) is 0 Å². The minimum Gasteiger partial charge on any atom is -0.459 e. The van der Waals surface area contributed by atoms with Crippen LogP contribution in [0.2, 0.25) is 0 Å². The Morgan fingerprint density at radius 3 is 2.53 bits per heavy atom. The zero-order valence-electron chi connectivity index (χ0n) is 17.1. The molecule has 32 heavy (non-hydrogen) atoms. The summed E-state index contributed by atoms with van der Waals surface area (Å²) in [6, 6.07) is 19.9. The Kier molecular flexibility index (Phi) is 5.19. The quantitative estimate of drug-likeness (QED) is 0.383. The highest BCUT2D eigenvalue weighted by molar-refractivity contribution is 7.80. The van der Waals surface area contributed by atoms with Gasteiger partial charge in [-0.05, 0) is 91.4 Å². The van der Waals surface area contributed by atoms with Crippen molar-refractivity contribution >= 4 is 23.0 Å². The summed E-state index contributed by atoms with van der Waals surface area (Å²) in [6.07, 6.45) is 1.73. The van der Waals surface area contributed by atoms with E-state index in [-0.39, 0.29) is 23.7 Å². The third-order valence-electron chi connectivity index (χ3n) is 5.56. The lowest BCUT2D eigenvalue weighted by Crippen LogP contribution is -2.29. The van der Waals surface area contributed by atoms with Gasteiger partial charge in [0.25, 0.3) is 0 Å². The number of rotatable bonds is 4. The van der Waals surface area contributed by atoms with E-state index in [0.717, 1.165) is 16.9 Å². The molecule has 0 bridgehead atoms.